The largest absolute Gasteiger partial charge is 0.481 e. The Balaban J connectivity index is 2.76. The molecule has 0 aliphatic carbocycles. The van der Waals surface area contributed by atoms with Crippen molar-refractivity contribution in [1.29, 1.82) is 0 Å². The van der Waals surface area contributed by atoms with Gasteiger partial charge in [0.05, 0.1) is 12.7 Å². The molecule has 1 heterocycles. The Morgan fingerprint density at radius 2 is 2.04 bits per heavy atom. The van der Waals surface area contributed by atoms with Gasteiger partial charge >= 0.3 is 11.9 Å². The van der Waals surface area contributed by atoms with E-state index in [1.165, 1.54) is 6.33 Å². The number of aromatic amines is 1. The summed E-state index contributed by atoms with van der Waals surface area (Å²) in [5.41, 5.74) is 3.37. The number of H-pyrrole nitrogens is 1. The molecule has 0 aliphatic heterocycles. The molecule has 1 aromatic rings. The number of carboxylic acid groups (broad SMARTS) is 1. The Morgan fingerprint density at radius 1 is 1.39 bits per heavy atom. The van der Waals surface area contributed by atoms with E-state index in [9.17, 15) is 14.4 Å². The number of aromatic nitrogens is 2. The van der Waals surface area contributed by atoms with Crippen LogP contribution in [0.15, 0.2) is 12.5 Å². The molecule has 0 radical (unpaired) electrons. The van der Waals surface area contributed by atoms with Crippen molar-refractivity contribution in [3.63, 3.8) is 0 Å². The second kappa shape index (κ2) is 7.23. The van der Waals surface area contributed by atoms with Gasteiger partial charge in [0.25, 0.3) is 5.91 Å². The first-order valence-electron chi connectivity index (χ1n) is 7.04. The third-order valence-corrected chi connectivity index (χ3v) is 2.83. The van der Waals surface area contributed by atoms with Crippen LogP contribution in [0.25, 0.3) is 0 Å². The molecular weight excluding hydrogens is 304 g/mol. The van der Waals surface area contributed by atoms with Crippen LogP contribution in [0.4, 0.5) is 0 Å². The molecule has 23 heavy (non-hydrogen) atoms. The van der Waals surface area contributed by atoms with Gasteiger partial charge in [-0.05, 0) is 20.8 Å². The fourth-order valence-electron chi connectivity index (χ4n) is 1.74. The molecular formula is C14H22N4O5. The van der Waals surface area contributed by atoms with Crippen molar-refractivity contribution >= 4 is 17.8 Å². The number of ether oxygens (including phenoxy) is 1. The summed E-state index contributed by atoms with van der Waals surface area (Å²) >= 11 is 0. The van der Waals surface area contributed by atoms with Crippen molar-refractivity contribution < 1.29 is 24.2 Å². The average molecular weight is 326 g/mol. The standard InChI is InChI=1S/C14H22N4O5/c1-13(2,3)23-12(22)14(15,6-10(19)20)11(21)17-5-4-9-7-16-8-18-9/h7-8H,4-6,15H2,1-3H3,(H,16,18)(H,17,21)(H,19,20)/t14-/m0/s1. The maximum absolute atomic E-state index is 12.2. The number of imidazole rings is 1. The third kappa shape index (κ3) is 5.70. The summed E-state index contributed by atoms with van der Waals surface area (Å²) in [6.45, 7) is 4.97. The molecule has 1 amide bonds. The van der Waals surface area contributed by atoms with E-state index in [0.29, 0.717) is 6.42 Å². The van der Waals surface area contributed by atoms with Crippen LogP contribution < -0.4 is 11.1 Å². The molecule has 128 valence electrons. The summed E-state index contributed by atoms with van der Waals surface area (Å²) in [7, 11) is 0. The van der Waals surface area contributed by atoms with Crippen molar-refractivity contribution in [1.82, 2.24) is 15.3 Å². The highest BCUT2D eigenvalue weighted by molar-refractivity contribution is 6.09. The summed E-state index contributed by atoms with van der Waals surface area (Å²) in [5, 5.41) is 11.4. The minimum Gasteiger partial charge on any atom is -0.481 e. The van der Waals surface area contributed by atoms with E-state index in [1.54, 1.807) is 27.0 Å². The average Bonchev–Trinajstić information content (AvgIpc) is 2.88. The number of amides is 1. The van der Waals surface area contributed by atoms with E-state index < -0.39 is 35.4 Å². The Morgan fingerprint density at radius 3 is 2.52 bits per heavy atom. The Labute approximate surface area is 133 Å². The number of nitrogens with one attached hydrogen (secondary N) is 2. The molecule has 0 saturated heterocycles. The number of carbonyl (C=O) groups excluding carboxylic acids is 2. The zero-order chi connectivity index (χ0) is 17.7. The van der Waals surface area contributed by atoms with Crippen molar-refractivity contribution in [3.8, 4) is 0 Å². The third-order valence-electron chi connectivity index (χ3n) is 2.83. The van der Waals surface area contributed by atoms with E-state index in [-0.39, 0.29) is 6.54 Å². The van der Waals surface area contributed by atoms with Crippen molar-refractivity contribution in [2.45, 2.75) is 44.8 Å². The minimum absolute atomic E-state index is 0.169. The fourth-order valence-corrected chi connectivity index (χ4v) is 1.74. The first-order chi connectivity index (χ1) is 10.5. The number of hydrogen-bond donors (Lipinski definition) is 4. The second-order valence-electron chi connectivity index (χ2n) is 6.13. The smallest absolute Gasteiger partial charge is 0.337 e. The number of hydrogen-bond acceptors (Lipinski definition) is 6. The Hall–Kier alpha value is -2.42. The number of nitrogens with zero attached hydrogens (tertiary/aromatic N) is 1. The second-order valence-corrected chi connectivity index (χ2v) is 6.13. The topological polar surface area (TPSA) is 147 Å². The van der Waals surface area contributed by atoms with Gasteiger partial charge < -0.3 is 25.9 Å². The van der Waals surface area contributed by atoms with Crippen LogP contribution in [-0.2, 0) is 25.5 Å². The predicted octanol–water partition coefficient (Wildman–Crippen LogP) is -0.418. The van der Waals surface area contributed by atoms with E-state index in [0.717, 1.165) is 5.69 Å². The van der Waals surface area contributed by atoms with Gasteiger partial charge in [0.2, 0.25) is 5.54 Å². The molecule has 1 atom stereocenters. The summed E-state index contributed by atoms with van der Waals surface area (Å²) in [5.74, 6) is -3.35. The zero-order valence-corrected chi connectivity index (χ0v) is 13.4. The normalized spacial score (nSPS) is 13.9. The molecule has 1 rings (SSSR count). The molecule has 0 bridgehead atoms. The van der Waals surface area contributed by atoms with Crippen molar-refractivity contribution in [3.05, 3.63) is 18.2 Å². The molecule has 0 saturated carbocycles. The predicted molar refractivity (Wildman–Crippen MR) is 80.3 cm³/mol. The van der Waals surface area contributed by atoms with Crippen LogP contribution in [0.3, 0.4) is 0 Å². The first-order valence-corrected chi connectivity index (χ1v) is 7.04. The number of carboxylic acids is 1. The molecule has 0 unspecified atom stereocenters. The zero-order valence-electron chi connectivity index (χ0n) is 13.4. The molecule has 9 heteroatoms. The summed E-state index contributed by atoms with van der Waals surface area (Å²) in [4.78, 5) is 42.0. The van der Waals surface area contributed by atoms with Gasteiger partial charge in [-0.3, -0.25) is 9.59 Å². The van der Waals surface area contributed by atoms with Gasteiger partial charge in [0.1, 0.15) is 5.60 Å². The quantitative estimate of drug-likeness (QED) is 0.393. The maximum Gasteiger partial charge on any atom is 0.337 e. The highest BCUT2D eigenvalue weighted by Crippen LogP contribution is 2.16. The van der Waals surface area contributed by atoms with Crippen LogP contribution in [0, 0.1) is 0 Å². The lowest BCUT2D eigenvalue weighted by Gasteiger charge is -2.29. The molecule has 0 spiro atoms. The van der Waals surface area contributed by atoms with Crippen molar-refractivity contribution in [2.24, 2.45) is 5.73 Å². The van der Waals surface area contributed by atoms with Crippen LogP contribution >= 0.6 is 0 Å². The number of rotatable bonds is 7. The van der Waals surface area contributed by atoms with E-state index >= 15 is 0 Å². The van der Waals surface area contributed by atoms with E-state index in [4.69, 9.17) is 15.6 Å². The molecule has 1 aromatic heterocycles. The molecule has 0 fully saturated rings. The van der Waals surface area contributed by atoms with Gasteiger partial charge in [-0.1, -0.05) is 0 Å². The van der Waals surface area contributed by atoms with Gasteiger partial charge in [-0.15, -0.1) is 0 Å². The molecule has 0 aliphatic rings. The van der Waals surface area contributed by atoms with E-state index in [2.05, 4.69) is 15.3 Å². The lowest BCUT2D eigenvalue weighted by atomic mass is 9.95. The molecule has 9 nitrogen and oxygen atoms in total. The van der Waals surface area contributed by atoms with Crippen LogP contribution in [-0.4, -0.2) is 50.6 Å². The SMILES string of the molecule is CC(C)(C)OC(=O)[C@](N)(CC(=O)O)C(=O)NCCc1cnc[nH]1. The fraction of sp³-hybridized carbons (Fsp3) is 0.571. The van der Waals surface area contributed by atoms with Gasteiger partial charge in [0.15, 0.2) is 0 Å². The first kappa shape index (κ1) is 18.6. The highest BCUT2D eigenvalue weighted by atomic mass is 16.6. The monoisotopic (exact) mass is 326 g/mol. The lowest BCUT2D eigenvalue weighted by molar-refractivity contribution is -0.167. The lowest BCUT2D eigenvalue weighted by Crippen LogP contribution is -2.62. The van der Waals surface area contributed by atoms with Gasteiger partial charge in [-0.25, -0.2) is 9.78 Å². The molecule has 0 aromatic carbocycles. The van der Waals surface area contributed by atoms with Gasteiger partial charge in [0, 0.05) is 24.9 Å². The minimum atomic E-state index is -2.28. The summed E-state index contributed by atoms with van der Waals surface area (Å²) in [6.07, 6.45) is 2.66. The van der Waals surface area contributed by atoms with Gasteiger partial charge in [-0.2, -0.15) is 0 Å². The summed E-state index contributed by atoms with van der Waals surface area (Å²) in [6, 6.07) is 0. The Kier molecular flexibility index (Phi) is 5.85. The maximum atomic E-state index is 12.2. The Bertz CT molecular complexity index is 564. The number of carbonyl (C=O) groups is 3. The number of nitrogens with two attached hydrogens (primary N) is 1. The number of esters is 1. The highest BCUT2D eigenvalue weighted by Gasteiger charge is 2.47. The number of aliphatic carboxylic acids is 1. The van der Waals surface area contributed by atoms with E-state index in [1.807, 2.05) is 0 Å². The summed E-state index contributed by atoms with van der Waals surface area (Å²) < 4.78 is 5.07. The van der Waals surface area contributed by atoms with Crippen LogP contribution in [0.2, 0.25) is 0 Å². The molecule has 5 N–H and O–H groups in total. The van der Waals surface area contributed by atoms with Crippen LogP contribution in [0.5, 0.6) is 0 Å². The van der Waals surface area contributed by atoms with Crippen LogP contribution in [0.1, 0.15) is 32.9 Å². The van der Waals surface area contributed by atoms with Crippen molar-refractivity contribution in [2.75, 3.05) is 6.54 Å².